The Bertz CT molecular complexity index is 160. The molecule has 0 bridgehead atoms. The summed E-state index contributed by atoms with van der Waals surface area (Å²) in [4.78, 5) is 2.75. The van der Waals surface area contributed by atoms with Crippen LogP contribution in [0.1, 0.15) is 26.7 Å². The molecule has 1 atom stereocenters. The number of nitrogens with zero attached hydrogens (tertiary/aromatic N) is 1. The molecule has 0 saturated carbocycles. The Morgan fingerprint density at radius 3 is 2.38 bits per heavy atom. The highest BCUT2D eigenvalue weighted by Gasteiger charge is 2.35. The minimum atomic E-state index is -0.928. The van der Waals surface area contributed by atoms with Gasteiger partial charge in [-0.25, -0.2) is 0 Å². The molecule has 78 valence electrons. The number of likely N-dealkylation sites (tertiary alicyclic amines) is 1. The lowest BCUT2D eigenvalue weighted by atomic mass is 10.2. The second kappa shape index (κ2) is 4.14. The van der Waals surface area contributed by atoms with E-state index in [4.69, 9.17) is 0 Å². The fraction of sp³-hybridized carbons (Fsp3) is 1.00. The van der Waals surface area contributed by atoms with Gasteiger partial charge in [0.1, 0.15) is 0 Å². The zero-order chi connectivity index (χ0) is 10.1. The maximum atomic E-state index is 2.75. The average Bonchev–Trinajstić information content (AvgIpc) is 2.31. The van der Waals surface area contributed by atoms with Crippen molar-refractivity contribution in [2.24, 2.45) is 5.92 Å². The van der Waals surface area contributed by atoms with Crippen LogP contribution in [0.2, 0.25) is 19.6 Å². The van der Waals surface area contributed by atoms with Gasteiger partial charge in [0.2, 0.25) is 0 Å². The molecule has 1 nitrogen and oxygen atoms in total. The Balaban J connectivity index is 2.54. The summed E-state index contributed by atoms with van der Waals surface area (Å²) in [6, 6.07) is 0. The fourth-order valence-corrected chi connectivity index (χ4v) is 4.89. The zero-order valence-electron chi connectivity index (χ0n) is 9.93. The minimum Gasteiger partial charge on any atom is -0.303 e. The predicted molar refractivity (Wildman–Crippen MR) is 62.8 cm³/mol. The summed E-state index contributed by atoms with van der Waals surface area (Å²) >= 11 is 0. The summed E-state index contributed by atoms with van der Waals surface area (Å²) in [5, 5.41) is 0. The Labute approximate surface area is 84.5 Å². The first kappa shape index (κ1) is 11.3. The molecule has 0 radical (unpaired) electrons. The quantitative estimate of drug-likeness (QED) is 0.632. The van der Waals surface area contributed by atoms with Gasteiger partial charge in [-0.1, -0.05) is 33.5 Å². The highest BCUT2D eigenvalue weighted by Crippen LogP contribution is 2.26. The van der Waals surface area contributed by atoms with E-state index in [1.54, 1.807) is 0 Å². The van der Waals surface area contributed by atoms with Crippen LogP contribution in [0.15, 0.2) is 0 Å². The Morgan fingerprint density at radius 1 is 1.31 bits per heavy atom. The Hall–Kier alpha value is 0.177. The summed E-state index contributed by atoms with van der Waals surface area (Å²) in [5.41, 5.74) is 0.954. The van der Waals surface area contributed by atoms with E-state index in [-0.39, 0.29) is 0 Å². The molecule has 2 heteroatoms. The molecule has 0 aromatic heterocycles. The van der Waals surface area contributed by atoms with Crippen molar-refractivity contribution in [3.05, 3.63) is 0 Å². The molecule has 0 spiro atoms. The molecule has 1 aliphatic rings. The van der Waals surface area contributed by atoms with Gasteiger partial charge in [0.05, 0.1) is 8.07 Å². The van der Waals surface area contributed by atoms with Gasteiger partial charge in [-0.2, -0.15) is 0 Å². The van der Waals surface area contributed by atoms with Crippen molar-refractivity contribution in [2.45, 2.75) is 52.0 Å². The van der Waals surface area contributed by atoms with Crippen molar-refractivity contribution in [3.8, 4) is 0 Å². The topological polar surface area (TPSA) is 3.24 Å². The minimum absolute atomic E-state index is 0.831. The summed E-state index contributed by atoms with van der Waals surface area (Å²) in [6.45, 7) is 14.9. The first-order valence-corrected chi connectivity index (χ1v) is 9.23. The molecule has 0 aromatic rings. The van der Waals surface area contributed by atoms with Crippen LogP contribution in [-0.2, 0) is 0 Å². The highest BCUT2D eigenvalue weighted by molar-refractivity contribution is 6.77. The van der Waals surface area contributed by atoms with Crippen molar-refractivity contribution in [1.82, 2.24) is 4.90 Å². The first-order valence-electron chi connectivity index (χ1n) is 5.65. The maximum absolute atomic E-state index is 2.75. The summed E-state index contributed by atoms with van der Waals surface area (Å²) < 4.78 is 0. The van der Waals surface area contributed by atoms with E-state index in [1.165, 1.54) is 25.9 Å². The van der Waals surface area contributed by atoms with Crippen LogP contribution < -0.4 is 0 Å². The van der Waals surface area contributed by atoms with Gasteiger partial charge in [-0.3, -0.25) is 0 Å². The van der Waals surface area contributed by atoms with E-state index in [0.29, 0.717) is 0 Å². The second-order valence-electron chi connectivity index (χ2n) is 5.91. The van der Waals surface area contributed by atoms with Crippen molar-refractivity contribution >= 4 is 8.07 Å². The molecular weight excluding hydrogens is 174 g/mol. The summed E-state index contributed by atoms with van der Waals surface area (Å²) in [6.07, 6.45) is 2.89. The Kier molecular flexibility index (Phi) is 3.58. The largest absolute Gasteiger partial charge is 0.303 e. The third-order valence-corrected chi connectivity index (χ3v) is 5.62. The van der Waals surface area contributed by atoms with E-state index in [1.807, 2.05) is 0 Å². The lowest BCUT2D eigenvalue weighted by molar-refractivity contribution is 0.269. The first-order chi connectivity index (χ1) is 5.91. The molecule has 1 saturated heterocycles. The molecule has 0 N–H and O–H groups in total. The molecule has 0 unspecified atom stereocenters. The molecule has 1 rings (SSSR count). The van der Waals surface area contributed by atoms with Gasteiger partial charge in [-0.15, -0.1) is 0 Å². The fourth-order valence-electron chi connectivity index (χ4n) is 2.49. The van der Waals surface area contributed by atoms with Crippen LogP contribution in [0, 0.1) is 5.92 Å². The molecule has 1 fully saturated rings. The van der Waals surface area contributed by atoms with Crippen molar-refractivity contribution < 1.29 is 0 Å². The van der Waals surface area contributed by atoms with Crippen LogP contribution >= 0.6 is 0 Å². The lowest BCUT2D eigenvalue weighted by Gasteiger charge is -2.34. The third-order valence-electron chi connectivity index (χ3n) is 2.96. The number of rotatable bonds is 3. The van der Waals surface area contributed by atoms with Gasteiger partial charge in [0.25, 0.3) is 0 Å². The van der Waals surface area contributed by atoms with Crippen molar-refractivity contribution in [3.63, 3.8) is 0 Å². The highest BCUT2D eigenvalue weighted by atomic mass is 28.3. The Morgan fingerprint density at radius 2 is 1.92 bits per heavy atom. The molecule has 13 heavy (non-hydrogen) atoms. The zero-order valence-corrected chi connectivity index (χ0v) is 10.9. The van der Waals surface area contributed by atoms with Gasteiger partial charge in [-0.05, 0) is 25.3 Å². The molecule has 0 aliphatic carbocycles. The van der Waals surface area contributed by atoms with E-state index < -0.39 is 8.07 Å². The summed E-state index contributed by atoms with van der Waals surface area (Å²) in [5.74, 6) is 0.831. The van der Waals surface area contributed by atoms with Gasteiger partial charge < -0.3 is 4.90 Å². The molecule has 0 amide bonds. The van der Waals surface area contributed by atoms with Crippen LogP contribution in [-0.4, -0.2) is 31.7 Å². The van der Waals surface area contributed by atoms with E-state index >= 15 is 0 Å². The van der Waals surface area contributed by atoms with Gasteiger partial charge in [0, 0.05) is 12.2 Å². The van der Waals surface area contributed by atoms with E-state index in [0.717, 1.165) is 11.6 Å². The third kappa shape index (κ3) is 3.10. The number of hydrogen-bond donors (Lipinski definition) is 0. The lowest BCUT2D eigenvalue weighted by Crippen LogP contribution is -2.48. The van der Waals surface area contributed by atoms with Crippen molar-refractivity contribution in [1.29, 1.82) is 0 Å². The number of hydrogen-bond acceptors (Lipinski definition) is 1. The van der Waals surface area contributed by atoms with E-state index in [2.05, 4.69) is 38.4 Å². The van der Waals surface area contributed by atoms with Crippen LogP contribution in [0.5, 0.6) is 0 Å². The predicted octanol–water partition coefficient (Wildman–Crippen LogP) is 2.98. The van der Waals surface area contributed by atoms with Gasteiger partial charge in [0.15, 0.2) is 0 Å². The van der Waals surface area contributed by atoms with Crippen molar-refractivity contribution in [2.75, 3.05) is 13.1 Å². The van der Waals surface area contributed by atoms with Crippen LogP contribution in [0.25, 0.3) is 0 Å². The molecule has 0 aromatic carbocycles. The standard InChI is InChI=1S/C11H25NSi/c1-10(2)9-12-8-6-7-11(12)13(3,4)5/h10-11H,6-9H2,1-5H3/t11-/m0/s1. The SMILES string of the molecule is CC(C)CN1CCC[C@@H]1[Si](C)(C)C. The molecule has 1 heterocycles. The van der Waals surface area contributed by atoms with E-state index in [9.17, 15) is 0 Å². The average molecular weight is 199 g/mol. The molecular formula is C11H25NSi. The second-order valence-corrected chi connectivity index (χ2v) is 11.3. The van der Waals surface area contributed by atoms with Gasteiger partial charge >= 0.3 is 0 Å². The monoisotopic (exact) mass is 199 g/mol. The maximum Gasteiger partial charge on any atom is 0.0638 e. The normalized spacial score (nSPS) is 25.8. The van der Waals surface area contributed by atoms with Crippen LogP contribution in [0.3, 0.4) is 0 Å². The smallest absolute Gasteiger partial charge is 0.0638 e. The van der Waals surface area contributed by atoms with Crippen LogP contribution in [0.4, 0.5) is 0 Å². The molecule has 1 aliphatic heterocycles. The summed E-state index contributed by atoms with van der Waals surface area (Å²) in [7, 11) is -0.928.